The van der Waals surface area contributed by atoms with Crippen molar-refractivity contribution < 1.29 is 21.7 Å². The third-order valence-corrected chi connectivity index (χ3v) is 1.40. The van der Waals surface area contributed by atoms with Crippen molar-refractivity contribution in [3.8, 4) is 0 Å². The second kappa shape index (κ2) is 25.5. The normalized spacial score (nSPS) is 9.41. The Morgan fingerprint density at radius 1 is 1.12 bits per heavy atom. The van der Waals surface area contributed by atoms with Crippen LogP contribution in [0.2, 0.25) is 0 Å². The summed E-state index contributed by atoms with van der Waals surface area (Å²) in [7, 11) is 1.69. The molecular weight excluding hydrogens is 289 g/mol. The van der Waals surface area contributed by atoms with Crippen LogP contribution in [-0.4, -0.2) is 11.5 Å². The van der Waals surface area contributed by atoms with Gasteiger partial charge in [0.05, 0.1) is 0 Å². The molecule has 0 aromatic carbocycles. The summed E-state index contributed by atoms with van der Waals surface area (Å²) >= 11 is 10.7. The third kappa shape index (κ3) is 47.6. The Bertz CT molecular complexity index is 142. The standard InChI is InChI=1S/C5H5.C3H7Cl2N.5CH3.Ti/c1-2-4-5-3-1;1-3(4,5)6-2;;;;;;/h1-3H,4H2;6H,1-2H3;5*1H3;/q-1;;5*-1;. The molecular formula is C13H27Cl2NTi-6. The number of hydrogen-bond donors (Lipinski definition) is 1. The molecule has 0 amide bonds. The van der Waals surface area contributed by atoms with E-state index in [-0.39, 0.29) is 58.9 Å². The Morgan fingerprint density at radius 3 is 1.53 bits per heavy atom. The van der Waals surface area contributed by atoms with E-state index in [4.69, 9.17) is 23.2 Å². The van der Waals surface area contributed by atoms with E-state index in [0.29, 0.717) is 0 Å². The quantitative estimate of drug-likeness (QED) is 0.314. The van der Waals surface area contributed by atoms with Gasteiger partial charge in [-0.05, 0) is 14.0 Å². The fourth-order valence-electron chi connectivity index (χ4n) is 0.340. The summed E-state index contributed by atoms with van der Waals surface area (Å²) in [6, 6.07) is 0. The SMILES string of the molecule is CNC(C)(Cl)Cl.[C-]1=CC=CC1.[CH3-].[CH3-].[CH3-].[CH3-].[CH3-].[Ti]. The van der Waals surface area contributed by atoms with Gasteiger partial charge in [-0.25, -0.2) is 12.2 Å². The van der Waals surface area contributed by atoms with Crippen LogP contribution in [-0.2, 0) is 21.7 Å². The van der Waals surface area contributed by atoms with Crippen LogP contribution >= 0.6 is 23.2 Å². The number of hydrogen-bond acceptors (Lipinski definition) is 1. The van der Waals surface area contributed by atoms with Gasteiger partial charge < -0.3 is 37.1 Å². The molecule has 4 heteroatoms. The van der Waals surface area contributed by atoms with Crippen molar-refractivity contribution in [1.82, 2.24) is 5.32 Å². The van der Waals surface area contributed by atoms with E-state index in [9.17, 15) is 0 Å². The molecule has 1 rings (SSSR count). The molecule has 0 aromatic rings. The Hall–Kier alpha value is 0.734. The maximum Gasteiger partial charge on any atom is 0.165 e. The van der Waals surface area contributed by atoms with E-state index in [1.54, 1.807) is 14.0 Å². The number of nitrogens with one attached hydrogen (secondary N) is 1. The molecule has 0 unspecified atom stereocenters. The summed E-state index contributed by atoms with van der Waals surface area (Å²) in [5, 5.41) is 2.64. The van der Waals surface area contributed by atoms with Crippen molar-refractivity contribution in [2.75, 3.05) is 7.05 Å². The summed E-state index contributed by atoms with van der Waals surface area (Å²) in [5.74, 6) is 0. The van der Waals surface area contributed by atoms with Crippen LogP contribution in [0.3, 0.4) is 0 Å². The average molecular weight is 316 g/mol. The van der Waals surface area contributed by atoms with Gasteiger partial charge in [0.2, 0.25) is 0 Å². The second-order valence-electron chi connectivity index (χ2n) is 2.14. The molecule has 0 spiro atoms. The zero-order valence-corrected chi connectivity index (χ0v) is 15.3. The van der Waals surface area contributed by atoms with Crippen LogP contribution in [0.25, 0.3) is 0 Å². The predicted octanol–water partition coefficient (Wildman–Crippen LogP) is 4.91. The molecule has 0 fully saturated rings. The van der Waals surface area contributed by atoms with Gasteiger partial charge in [0.1, 0.15) is 0 Å². The molecule has 108 valence electrons. The molecule has 17 heavy (non-hydrogen) atoms. The molecule has 1 aliphatic carbocycles. The molecule has 0 bridgehead atoms. The first-order valence-electron chi connectivity index (χ1n) is 3.35. The number of allylic oxidation sites excluding steroid dienone is 4. The van der Waals surface area contributed by atoms with E-state index in [2.05, 4.69) is 17.5 Å². The molecule has 1 aliphatic rings. The minimum Gasteiger partial charge on any atom is -0.358 e. The summed E-state index contributed by atoms with van der Waals surface area (Å²) in [4.78, 5) is 0. The van der Waals surface area contributed by atoms with Crippen LogP contribution in [0.5, 0.6) is 0 Å². The maximum atomic E-state index is 5.37. The van der Waals surface area contributed by atoms with Crippen molar-refractivity contribution >= 4 is 23.2 Å². The molecule has 0 saturated carbocycles. The summed E-state index contributed by atoms with van der Waals surface area (Å²) < 4.78 is -0.764. The van der Waals surface area contributed by atoms with E-state index >= 15 is 0 Å². The van der Waals surface area contributed by atoms with Gasteiger partial charge in [0, 0.05) is 21.7 Å². The summed E-state index contributed by atoms with van der Waals surface area (Å²) in [6.07, 6.45) is 10.0. The Balaban J connectivity index is -0.0000000174. The van der Waals surface area contributed by atoms with Crippen molar-refractivity contribution in [2.24, 2.45) is 0 Å². The molecule has 0 saturated heterocycles. The number of halogens is 2. The third-order valence-electron chi connectivity index (χ3n) is 1.02. The molecule has 1 N–H and O–H groups in total. The largest absolute Gasteiger partial charge is 0.358 e. The Kier molecular flexibility index (Phi) is 64.8. The smallest absolute Gasteiger partial charge is 0.165 e. The Labute approximate surface area is 136 Å². The van der Waals surface area contributed by atoms with Crippen molar-refractivity contribution in [3.63, 3.8) is 0 Å². The molecule has 0 atom stereocenters. The van der Waals surface area contributed by atoms with Crippen LogP contribution in [0, 0.1) is 43.2 Å². The predicted molar refractivity (Wildman–Crippen MR) is 82.8 cm³/mol. The topological polar surface area (TPSA) is 12.0 Å². The van der Waals surface area contributed by atoms with Gasteiger partial charge >= 0.3 is 0 Å². The molecule has 0 radical (unpaired) electrons. The first-order valence-corrected chi connectivity index (χ1v) is 4.10. The van der Waals surface area contributed by atoms with Gasteiger partial charge in [-0.1, -0.05) is 23.2 Å². The average Bonchev–Trinajstić information content (AvgIpc) is 2.41. The second-order valence-corrected chi connectivity index (χ2v) is 3.85. The van der Waals surface area contributed by atoms with E-state index in [1.165, 1.54) is 0 Å². The minimum absolute atomic E-state index is 0. The first-order chi connectivity index (χ1) is 5.06. The number of alkyl halides is 2. The van der Waals surface area contributed by atoms with Gasteiger partial charge in [0.25, 0.3) is 0 Å². The van der Waals surface area contributed by atoms with Gasteiger partial charge in [-0.2, -0.15) is 6.08 Å². The zero-order valence-electron chi connectivity index (χ0n) is 12.2. The van der Waals surface area contributed by atoms with Crippen molar-refractivity contribution in [2.45, 2.75) is 17.8 Å². The fraction of sp³-hybridized carbons (Fsp3) is 0.308. The Morgan fingerprint density at radius 2 is 1.47 bits per heavy atom. The van der Waals surface area contributed by atoms with E-state index < -0.39 is 4.46 Å². The molecule has 1 nitrogen and oxygen atoms in total. The van der Waals surface area contributed by atoms with Crippen LogP contribution < -0.4 is 5.32 Å². The van der Waals surface area contributed by atoms with Crippen molar-refractivity contribution in [1.29, 1.82) is 0 Å². The van der Waals surface area contributed by atoms with Crippen molar-refractivity contribution in [3.05, 3.63) is 61.4 Å². The van der Waals surface area contributed by atoms with Gasteiger partial charge in [0.15, 0.2) is 4.46 Å². The van der Waals surface area contributed by atoms with E-state index in [1.807, 2.05) is 12.2 Å². The molecule has 0 aliphatic heterocycles. The van der Waals surface area contributed by atoms with Crippen LogP contribution in [0.4, 0.5) is 0 Å². The zero-order chi connectivity index (χ0) is 8.74. The van der Waals surface area contributed by atoms with E-state index in [0.717, 1.165) is 6.42 Å². The number of rotatable bonds is 1. The minimum atomic E-state index is -0.764. The van der Waals surface area contributed by atoms with Crippen LogP contribution in [0.15, 0.2) is 18.2 Å². The monoisotopic (exact) mass is 315 g/mol. The summed E-state index contributed by atoms with van der Waals surface area (Å²) in [6.45, 7) is 1.66. The van der Waals surface area contributed by atoms with Gasteiger partial charge in [-0.15, -0.1) is 6.42 Å². The van der Waals surface area contributed by atoms with Crippen LogP contribution in [0.1, 0.15) is 13.3 Å². The molecule has 0 aromatic heterocycles. The summed E-state index contributed by atoms with van der Waals surface area (Å²) in [5.41, 5.74) is 0. The van der Waals surface area contributed by atoms with Gasteiger partial charge in [-0.3, -0.25) is 11.4 Å². The first kappa shape index (κ1) is 43.1. The fourth-order valence-corrected chi connectivity index (χ4v) is 0.340. The molecule has 0 heterocycles. The maximum absolute atomic E-state index is 5.37.